The first-order valence-corrected chi connectivity index (χ1v) is 9.25. The molecule has 3 unspecified atom stereocenters. The van der Waals surface area contributed by atoms with Crippen molar-refractivity contribution in [3.05, 3.63) is 34.7 Å². The van der Waals surface area contributed by atoms with E-state index in [2.05, 4.69) is 29.5 Å². The van der Waals surface area contributed by atoms with Gasteiger partial charge in [-0.3, -0.25) is 4.72 Å². The third-order valence-corrected chi connectivity index (χ3v) is 4.93. The number of nitriles is 1. The molecular weight excluding hydrogens is 338 g/mol. The lowest BCUT2D eigenvalue weighted by Gasteiger charge is -2.30. The van der Waals surface area contributed by atoms with Crippen molar-refractivity contribution in [2.24, 2.45) is 0 Å². The monoisotopic (exact) mass is 363 g/mol. The fourth-order valence-corrected chi connectivity index (χ4v) is 3.39. The number of nitrogens with zero attached hydrogens (tertiary/aromatic N) is 2. The summed E-state index contributed by atoms with van der Waals surface area (Å²) in [6.45, 7) is 6.27. The minimum absolute atomic E-state index is 0.129. The maximum Gasteiger partial charge on any atom is 0.171 e. The summed E-state index contributed by atoms with van der Waals surface area (Å²) in [5.74, 6) is 0. The van der Waals surface area contributed by atoms with Crippen LogP contribution in [-0.4, -0.2) is 48.3 Å². The van der Waals surface area contributed by atoms with Gasteiger partial charge in [-0.2, -0.15) is 5.26 Å². The van der Waals surface area contributed by atoms with E-state index in [1.54, 1.807) is 6.08 Å². The van der Waals surface area contributed by atoms with E-state index < -0.39 is 18.4 Å². The van der Waals surface area contributed by atoms with Crippen LogP contribution in [0.3, 0.4) is 0 Å². The highest BCUT2D eigenvalue weighted by Crippen LogP contribution is 2.22. The smallest absolute Gasteiger partial charge is 0.171 e. The molecule has 7 heteroatoms. The number of ether oxygens (including phenoxy) is 1. The van der Waals surface area contributed by atoms with Gasteiger partial charge in [0.2, 0.25) is 0 Å². The van der Waals surface area contributed by atoms with Crippen LogP contribution in [0, 0.1) is 11.3 Å². The Morgan fingerprint density at radius 2 is 2.04 bits per heavy atom. The highest BCUT2D eigenvalue weighted by molar-refractivity contribution is 8.01. The third kappa shape index (κ3) is 5.73. The molecule has 1 aromatic carbocycles. The van der Waals surface area contributed by atoms with Crippen LogP contribution >= 0.6 is 11.9 Å². The van der Waals surface area contributed by atoms with Crippen molar-refractivity contribution >= 4 is 23.7 Å². The zero-order valence-electron chi connectivity index (χ0n) is 14.6. The maximum absolute atomic E-state index is 9.78. The molecule has 0 saturated carbocycles. The van der Waals surface area contributed by atoms with Gasteiger partial charge in [-0.15, -0.1) is 0 Å². The van der Waals surface area contributed by atoms with Gasteiger partial charge >= 0.3 is 0 Å². The SMILES string of the molecule is CCN(CC)c1ccc(/C=C(\C#N)SNC2CC(O)COC2O)cc1. The molecule has 1 saturated heterocycles. The van der Waals surface area contributed by atoms with Crippen LogP contribution in [0.5, 0.6) is 0 Å². The van der Waals surface area contributed by atoms with E-state index in [9.17, 15) is 15.5 Å². The molecule has 1 fully saturated rings. The van der Waals surface area contributed by atoms with Crippen molar-refractivity contribution < 1.29 is 14.9 Å². The first-order chi connectivity index (χ1) is 12.1. The average Bonchev–Trinajstić information content (AvgIpc) is 2.63. The zero-order chi connectivity index (χ0) is 18.2. The first kappa shape index (κ1) is 19.8. The normalized spacial score (nSPS) is 24.0. The molecule has 6 nitrogen and oxygen atoms in total. The lowest BCUT2D eigenvalue weighted by atomic mass is 10.1. The van der Waals surface area contributed by atoms with Gasteiger partial charge in [0.1, 0.15) is 11.0 Å². The van der Waals surface area contributed by atoms with E-state index >= 15 is 0 Å². The summed E-state index contributed by atoms with van der Waals surface area (Å²) in [5.41, 5.74) is 2.09. The van der Waals surface area contributed by atoms with Gasteiger partial charge in [-0.25, -0.2) is 0 Å². The Kier molecular flexibility index (Phi) is 7.75. The quantitative estimate of drug-likeness (QED) is 0.505. The van der Waals surface area contributed by atoms with Crippen molar-refractivity contribution in [1.82, 2.24) is 4.72 Å². The van der Waals surface area contributed by atoms with E-state index in [1.807, 2.05) is 24.3 Å². The highest BCUT2D eigenvalue weighted by Gasteiger charge is 2.29. The van der Waals surface area contributed by atoms with E-state index in [1.165, 1.54) is 0 Å². The highest BCUT2D eigenvalue weighted by atomic mass is 32.2. The number of aliphatic hydroxyl groups is 2. The Balaban J connectivity index is 1.98. The van der Waals surface area contributed by atoms with Gasteiger partial charge in [0.15, 0.2) is 6.29 Å². The summed E-state index contributed by atoms with van der Waals surface area (Å²) in [6, 6.07) is 9.77. The van der Waals surface area contributed by atoms with E-state index in [4.69, 9.17) is 4.74 Å². The molecule has 25 heavy (non-hydrogen) atoms. The van der Waals surface area contributed by atoms with Gasteiger partial charge in [-0.05, 0) is 56.0 Å². The Labute approximate surface area is 153 Å². The van der Waals surface area contributed by atoms with Crippen LogP contribution in [0.15, 0.2) is 29.2 Å². The van der Waals surface area contributed by atoms with E-state index in [0.717, 1.165) is 36.3 Å². The number of nitrogens with one attached hydrogen (secondary N) is 1. The van der Waals surface area contributed by atoms with Crippen molar-refractivity contribution in [2.45, 2.75) is 38.7 Å². The van der Waals surface area contributed by atoms with E-state index in [-0.39, 0.29) is 6.61 Å². The number of hydrogen-bond acceptors (Lipinski definition) is 7. The number of rotatable bonds is 7. The van der Waals surface area contributed by atoms with Crippen molar-refractivity contribution in [3.8, 4) is 6.07 Å². The molecule has 0 radical (unpaired) electrons. The third-order valence-electron chi connectivity index (χ3n) is 4.08. The lowest BCUT2D eigenvalue weighted by molar-refractivity contribution is -0.168. The lowest BCUT2D eigenvalue weighted by Crippen LogP contribution is -2.46. The minimum atomic E-state index is -0.982. The number of benzene rings is 1. The number of allylic oxidation sites excluding steroid dienone is 1. The molecule has 1 aromatic rings. The van der Waals surface area contributed by atoms with Gasteiger partial charge in [0, 0.05) is 18.8 Å². The van der Waals surface area contributed by atoms with Crippen LogP contribution in [0.2, 0.25) is 0 Å². The standard InChI is InChI=1S/C18H25N3O3S/c1-3-21(4-2)14-7-5-13(6-8-14)9-16(11-19)25-20-17-10-15(22)12-24-18(17)23/h5-9,15,17-18,20,22-23H,3-4,10,12H2,1-2H3/b16-9+. The second-order valence-electron chi connectivity index (χ2n) is 5.82. The molecular formula is C18H25N3O3S. The van der Waals surface area contributed by atoms with Gasteiger partial charge < -0.3 is 19.8 Å². The second-order valence-corrected chi connectivity index (χ2v) is 6.70. The van der Waals surface area contributed by atoms with Crippen molar-refractivity contribution in [3.63, 3.8) is 0 Å². The summed E-state index contributed by atoms with van der Waals surface area (Å²) < 4.78 is 8.07. The predicted octanol–water partition coefficient (Wildman–Crippen LogP) is 2.10. The molecule has 0 spiro atoms. The maximum atomic E-state index is 9.78. The summed E-state index contributed by atoms with van der Waals surface area (Å²) in [6.07, 6.45) is 0.578. The van der Waals surface area contributed by atoms with Crippen LogP contribution < -0.4 is 9.62 Å². The summed E-state index contributed by atoms with van der Waals surface area (Å²) in [7, 11) is 0. The molecule has 136 valence electrons. The molecule has 1 aliphatic rings. The number of anilines is 1. The first-order valence-electron chi connectivity index (χ1n) is 8.44. The average molecular weight is 363 g/mol. The minimum Gasteiger partial charge on any atom is -0.391 e. The van der Waals surface area contributed by atoms with Gasteiger partial charge in [0.05, 0.1) is 18.8 Å². The Bertz CT molecular complexity index is 611. The Morgan fingerprint density at radius 1 is 1.36 bits per heavy atom. The fraction of sp³-hybridized carbons (Fsp3) is 0.500. The molecule has 0 bridgehead atoms. The van der Waals surface area contributed by atoms with Gasteiger partial charge in [-0.1, -0.05) is 12.1 Å². The summed E-state index contributed by atoms with van der Waals surface area (Å²) >= 11 is 1.14. The molecule has 0 aliphatic carbocycles. The molecule has 3 N–H and O–H groups in total. The molecule has 3 atom stereocenters. The summed E-state index contributed by atoms with van der Waals surface area (Å²) in [4.78, 5) is 2.73. The fourth-order valence-electron chi connectivity index (χ4n) is 2.65. The molecule has 0 aromatic heterocycles. The van der Waals surface area contributed by atoms with Crippen molar-refractivity contribution in [2.75, 3.05) is 24.6 Å². The van der Waals surface area contributed by atoms with Crippen LogP contribution in [0.4, 0.5) is 5.69 Å². The van der Waals surface area contributed by atoms with Crippen molar-refractivity contribution in [1.29, 1.82) is 5.26 Å². The van der Waals surface area contributed by atoms with Crippen LogP contribution in [0.1, 0.15) is 25.8 Å². The van der Waals surface area contributed by atoms with Crippen LogP contribution in [0.25, 0.3) is 6.08 Å². The predicted molar refractivity (Wildman–Crippen MR) is 101 cm³/mol. The molecule has 2 rings (SSSR count). The Morgan fingerprint density at radius 3 is 2.64 bits per heavy atom. The Hall–Kier alpha value is -1.56. The van der Waals surface area contributed by atoms with Gasteiger partial charge in [0.25, 0.3) is 0 Å². The largest absolute Gasteiger partial charge is 0.391 e. The molecule has 1 aliphatic heterocycles. The summed E-state index contributed by atoms with van der Waals surface area (Å²) in [5, 5.41) is 28.7. The van der Waals surface area contributed by atoms with E-state index in [0.29, 0.717) is 11.3 Å². The number of hydrogen-bond donors (Lipinski definition) is 3. The zero-order valence-corrected chi connectivity index (χ0v) is 15.4. The molecule has 1 heterocycles. The molecule has 0 amide bonds. The second kappa shape index (κ2) is 9.80. The topological polar surface area (TPSA) is 88.8 Å². The van der Waals surface area contributed by atoms with Crippen LogP contribution in [-0.2, 0) is 4.74 Å². The number of aliphatic hydroxyl groups excluding tert-OH is 2.